The van der Waals surface area contributed by atoms with Gasteiger partial charge in [0, 0.05) is 22.9 Å². The quantitative estimate of drug-likeness (QED) is 0.544. The zero-order valence-electron chi connectivity index (χ0n) is 8.10. The smallest absolute Gasteiger partial charge is 0.145 e. The molecule has 3 heterocycles. The van der Waals surface area contributed by atoms with E-state index in [9.17, 15) is 0 Å². The third kappa shape index (κ3) is 0.879. The first-order valence-corrected chi connectivity index (χ1v) is 7.69. The summed E-state index contributed by atoms with van der Waals surface area (Å²) in [6.07, 6.45) is 4.77. The van der Waals surface area contributed by atoms with Crippen molar-refractivity contribution < 1.29 is 4.74 Å². The molecule has 0 saturated carbocycles. The molecule has 0 aromatic heterocycles. The Morgan fingerprint density at radius 2 is 1.93 bits per heavy atom. The zero-order chi connectivity index (χ0) is 9.55. The molecular formula is C10H12OS3. The van der Waals surface area contributed by atoms with E-state index in [0.717, 1.165) is 21.0 Å². The van der Waals surface area contributed by atoms with Gasteiger partial charge in [0.1, 0.15) is 4.93 Å². The summed E-state index contributed by atoms with van der Waals surface area (Å²) >= 11 is 6.32. The summed E-state index contributed by atoms with van der Waals surface area (Å²) in [4.78, 5) is 0.0838. The Labute approximate surface area is 96.8 Å². The van der Waals surface area contributed by atoms with Crippen LogP contribution in [0, 0.1) is 0 Å². The number of methoxy groups -OCH3 is 1. The van der Waals surface area contributed by atoms with E-state index in [4.69, 9.17) is 4.74 Å². The van der Waals surface area contributed by atoms with Crippen LogP contribution in [0.2, 0.25) is 0 Å². The van der Waals surface area contributed by atoms with Crippen molar-refractivity contribution in [2.24, 2.45) is 0 Å². The molecule has 0 amide bonds. The maximum absolute atomic E-state index is 5.58. The van der Waals surface area contributed by atoms with E-state index in [2.05, 4.69) is 42.6 Å². The highest BCUT2D eigenvalue weighted by Crippen LogP contribution is 2.78. The van der Waals surface area contributed by atoms with Crippen LogP contribution in [0.25, 0.3) is 0 Å². The number of ether oxygens (including phenoxy) is 1. The molecule has 4 rings (SSSR count). The average Bonchev–Trinajstić information content (AvgIpc) is 3.03. The first-order chi connectivity index (χ1) is 6.72. The predicted octanol–water partition coefficient (Wildman–Crippen LogP) is 2.37. The molecule has 0 aromatic rings. The van der Waals surface area contributed by atoms with Crippen LogP contribution in [0.1, 0.15) is 6.92 Å². The summed E-state index contributed by atoms with van der Waals surface area (Å²) in [5, 5.41) is 3.37. The van der Waals surface area contributed by atoms with Gasteiger partial charge in [-0.1, -0.05) is 13.0 Å². The molecular weight excluding hydrogens is 232 g/mol. The van der Waals surface area contributed by atoms with Crippen LogP contribution < -0.4 is 0 Å². The predicted molar refractivity (Wildman–Crippen MR) is 65.2 cm³/mol. The first kappa shape index (κ1) is 8.85. The lowest BCUT2D eigenvalue weighted by molar-refractivity contribution is 0.134. The molecule has 14 heavy (non-hydrogen) atoms. The minimum Gasteiger partial charge on any atom is -0.363 e. The van der Waals surface area contributed by atoms with Gasteiger partial charge in [-0.3, -0.25) is 0 Å². The fraction of sp³-hybridized carbons (Fsp3) is 0.800. The van der Waals surface area contributed by atoms with Crippen LogP contribution in [0.4, 0.5) is 0 Å². The lowest BCUT2D eigenvalue weighted by Gasteiger charge is -2.16. The fourth-order valence-electron chi connectivity index (χ4n) is 2.65. The van der Waals surface area contributed by atoms with Gasteiger partial charge in [0.15, 0.2) is 0 Å². The highest BCUT2D eigenvalue weighted by Gasteiger charge is 2.77. The average molecular weight is 244 g/mol. The summed E-state index contributed by atoms with van der Waals surface area (Å²) in [6.45, 7) is 2.35. The van der Waals surface area contributed by atoms with Gasteiger partial charge in [-0.25, -0.2) is 0 Å². The van der Waals surface area contributed by atoms with Gasteiger partial charge in [-0.15, -0.1) is 23.5 Å². The molecule has 4 aliphatic rings. The molecule has 6 unspecified atom stereocenters. The van der Waals surface area contributed by atoms with Crippen LogP contribution in [0.5, 0.6) is 0 Å². The topological polar surface area (TPSA) is 9.23 Å². The maximum atomic E-state index is 5.58. The molecule has 4 heteroatoms. The van der Waals surface area contributed by atoms with E-state index in [1.807, 2.05) is 18.9 Å². The Balaban J connectivity index is 1.66. The van der Waals surface area contributed by atoms with Gasteiger partial charge >= 0.3 is 0 Å². The highest BCUT2D eigenvalue weighted by molar-refractivity contribution is 8.16. The van der Waals surface area contributed by atoms with Crippen LogP contribution in [-0.4, -0.2) is 37.8 Å². The van der Waals surface area contributed by atoms with E-state index in [-0.39, 0.29) is 4.93 Å². The second-order valence-electron chi connectivity index (χ2n) is 4.45. The van der Waals surface area contributed by atoms with Gasteiger partial charge < -0.3 is 4.74 Å². The molecule has 3 saturated heterocycles. The monoisotopic (exact) mass is 244 g/mol. The van der Waals surface area contributed by atoms with Gasteiger partial charge in [-0.05, 0) is 6.08 Å². The van der Waals surface area contributed by atoms with Crippen molar-refractivity contribution in [1.29, 1.82) is 0 Å². The number of hydrogen-bond donors (Lipinski definition) is 0. The van der Waals surface area contributed by atoms with E-state index >= 15 is 0 Å². The van der Waals surface area contributed by atoms with Gasteiger partial charge in [-0.2, -0.15) is 11.8 Å². The Morgan fingerprint density at radius 3 is 2.57 bits per heavy atom. The van der Waals surface area contributed by atoms with Gasteiger partial charge in [0.2, 0.25) is 0 Å². The third-order valence-electron chi connectivity index (χ3n) is 3.69. The molecule has 1 aliphatic carbocycles. The molecule has 0 aromatic carbocycles. The molecule has 3 aliphatic heterocycles. The van der Waals surface area contributed by atoms with Crippen molar-refractivity contribution in [1.82, 2.24) is 0 Å². The molecule has 1 nitrogen and oxygen atoms in total. The van der Waals surface area contributed by atoms with Gasteiger partial charge in [0.05, 0.1) is 10.00 Å². The largest absolute Gasteiger partial charge is 0.363 e. The van der Waals surface area contributed by atoms with Crippen LogP contribution in [0.15, 0.2) is 12.2 Å². The zero-order valence-corrected chi connectivity index (χ0v) is 10.5. The molecule has 6 atom stereocenters. The fourth-order valence-corrected chi connectivity index (χ4v) is 7.47. The second kappa shape index (κ2) is 2.36. The van der Waals surface area contributed by atoms with Crippen molar-refractivity contribution in [2.45, 2.75) is 37.6 Å². The Bertz CT molecular complexity index is 344. The van der Waals surface area contributed by atoms with Crippen LogP contribution >= 0.6 is 35.3 Å². The first-order valence-electron chi connectivity index (χ1n) is 4.98. The maximum Gasteiger partial charge on any atom is 0.145 e. The molecule has 76 valence electrons. The number of thioether (sulfide) groups is 3. The summed E-state index contributed by atoms with van der Waals surface area (Å²) in [6, 6.07) is 0. The van der Waals surface area contributed by atoms with Crippen molar-refractivity contribution >= 4 is 35.3 Å². The van der Waals surface area contributed by atoms with E-state index in [1.165, 1.54) is 0 Å². The van der Waals surface area contributed by atoms with Crippen molar-refractivity contribution in [3.05, 3.63) is 12.2 Å². The lowest BCUT2D eigenvalue weighted by Crippen LogP contribution is -2.31. The molecule has 0 radical (unpaired) electrons. The number of rotatable bonds is 2. The van der Waals surface area contributed by atoms with E-state index in [1.54, 1.807) is 0 Å². The van der Waals surface area contributed by atoms with Crippen LogP contribution in [-0.2, 0) is 4.74 Å². The van der Waals surface area contributed by atoms with Crippen LogP contribution in [0.3, 0.4) is 0 Å². The molecule has 0 N–H and O–H groups in total. The minimum absolute atomic E-state index is 0.0838. The highest BCUT2D eigenvalue weighted by atomic mass is 32.2. The molecule has 0 spiro atoms. The van der Waals surface area contributed by atoms with Crippen molar-refractivity contribution in [3.63, 3.8) is 0 Å². The second-order valence-corrected chi connectivity index (χ2v) is 8.81. The number of fused-ring (bicyclic) bond motifs is 3. The minimum atomic E-state index is 0.0838. The Hall–Kier alpha value is 0.750. The third-order valence-corrected chi connectivity index (χ3v) is 8.76. The Kier molecular flexibility index (Phi) is 1.49. The standard InChI is InChI=1S/C10H12OS3/c1-5-6(12-5)9-3-4-10(11-2)8(14-10)7(9)13-9/h3-8H,1-2H3. The molecule has 3 fully saturated rings. The summed E-state index contributed by atoms with van der Waals surface area (Å²) < 4.78 is 6.09. The van der Waals surface area contributed by atoms with E-state index < -0.39 is 0 Å². The summed E-state index contributed by atoms with van der Waals surface area (Å²) in [5.41, 5.74) is 0. The Morgan fingerprint density at radius 1 is 1.14 bits per heavy atom. The summed E-state index contributed by atoms with van der Waals surface area (Å²) in [5.74, 6) is 0. The number of hydrogen-bond acceptors (Lipinski definition) is 4. The molecule has 0 bridgehead atoms. The van der Waals surface area contributed by atoms with Gasteiger partial charge in [0.25, 0.3) is 0 Å². The lowest BCUT2D eigenvalue weighted by atomic mass is 9.91. The van der Waals surface area contributed by atoms with Crippen molar-refractivity contribution in [2.75, 3.05) is 7.11 Å². The van der Waals surface area contributed by atoms with E-state index in [0.29, 0.717) is 4.75 Å². The SMILES string of the molecule is COC12C=CC3(C4SC4C)SC3C1S2. The normalized spacial score (nSPS) is 67.0. The van der Waals surface area contributed by atoms with Crippen molar-refractivity contribution in [3.8, 4) is 0 Å². The summed E-state index contributed by atoms with van der Waals surface area (Å²) in [7, 11) is 1.84.